The summed E-state index contributed by atoms with van der Waals surface area (Å²) in [6.07, 6.45) is 1.84. The molecule has 2 N–H and O–H groups in total. The number of rotatable bonds is 0. The number of hydrazine groups is 1. The molecule has 1 saturated heterocycles. The first-order valence-electron chi connectivity index (χ1n) is 6.53. The van der Waals surface area contributed by atoms with Gasteiger partial charge in [0.05, 0.1) is 11.2 Å². The summed E-state index contributed by atoms with van der Waals surface area (Å²) in [6, 6.07) is 0. The van der Waals surface area contributed by atoms with Crippen LogP contribution in [0.3, 0.4) is 0 Å². The molecule has 1 aliphatic rings. The predicted molar refractivity (Wildman–Crippen MR) is 72.7 cm³/mol. The molecule has 1 heterocycles. The van der Waals surface area contributed by atoms with Gasteiger partial charge in [0, 0.05) is 11.1 Å². The molecule has 0 aliphatic carbocycles. The standard InChI is InChI=1S/C14H30N2O/c1-11(2)9-13(5,6)17-14(7,8)10-12(3,4)16(11)15/h9-10,15H2,1-8H3. The first-order valence-corrected chi connectivity index (χ1v) is 6.53. The Labute approximate surface area is 107 Å². The smallest absolute Gasteiger partial charge is 0.0651 e. The summed E-state index contributed by atoms with van der Waals surface area (Å²) in [6.45, 7) is 17.4. The van der Waals surface area contributed by atoms with E-state index in [1.54, 1.807) is 0 Å². The van der Waals surface area contributed by atoms with Crippen LogP contribution in [0, 0.1) is 0 Å². The summed E-state index contributed by atoms with van der Waals surface area (Å²) < 4.78 is 6.30. The normalized spacial score (nSPS) is 31.6. The van der Waals surface area contributed by atoms with Gasteiger partial charge in [-0.15, -0.1) is 0 Å². The van der Waals surface area contributed by atoms with Crippen LogP contribution < -0.4 is 5.84 Å². The fourth-order valence-corrected chi connectivity index (χ4v) is 3.89. The van der Waals surface area contributed by atoms with Crippen LogP contribution in [0.25, 0.3) is 0 Å². The lowest BCUT2D eigenvalue weighted by atomic mass is 9.79. The Morgan fingerprint density at radius 3 is 1.35 bits per heavy atom. The molecule has 0 spiro atoms. The SMILES string of the molecule is CC1(C)CC(C)(C)N(N)C(C)(C)CC(C)(C)O1. The highest BCUT2D eigenvalue weighted by atomic mass is 16.5. The third-order valence-corrected chi connectivity index (χ3v) is 3.57. The van der Waals surface area contributed by atoms with E-state index in [1.807, 2.05) is 5.01 Å². The zero-order valence-corrected chi connectivity index (χ0v) is 12.8. The molecule has 0 aromatic heterocycles. The number of ether oxygens (including phenoxy) is 1. The predicted octanol–water partition coefficient (Wildman–Crippen LogP) is 3.09. The number of nitrogens with two attached hydrogens (primary N) is 1. The van der Waals surface area contributed by atoms with Gasteiger partial charge in [-0.25, -0.2) is 5.01 Å². The molecule has 0 saturated carbocycles. The van der Waals surface area contributed by atoms with Crippen molar-refractivity contribution in [1.29, 1.82) is 0 Å². The second-order valence-electron chi connectivity index (χ2n) is 7.97. The van der Waals surface area contributed by atoms with Gasteiger partial charge in [-0.05, 0) is 68.2 Å². The minimum Gasteiger partial charge on any atom is -0.370 e. The van der Waals surface area contributed by atoms with Gasteiger partial charge in [0.1, 0.15) is 0 Å². The monoisotopic (exact) mass is 242 g/mol. The van der Waals surface area contributed by atoms with E-state index in [0.717, 1.165) is 12.8 Å². The molecular weight excluding hydrogens is 212 g/mol. The molecule has 1 fully saturated rings. The van der Waals surface area contributed by atoms with Crippen LogP contribution >= 0.6 is 0 Å². The van der Waals surface area contributed by atoms with Gasteiger partial charge < -0.3 is 4.74 Å². The Morgan fingerprint density at radius 1 is 0.765 bits per heavy atom. The van der Waals surface area contributed by atoms with Crippen molar-refractivity contribution in [3.63, 3.8) is 0 Å². The molecule has 0 aromatic rings. The van der Waals surface area contributed by atoms with Crippen molar-refractivity contribution in [3.8, 4) is 0 Å². The minimum absolute atomic E-state index is 0.0660. The van der Waals surface area contributed by atoms with Crippen molar-refractivity contribution in [2.24, 2.45) is 5.84 Å². The lowest BCUT2D eigenvalue weighted by molar-refractivity contribution is -0.189. The van der Waals surface area contributed by atoms with E-state index in [2.05, 4.69) is 55.4 Å². The van der Waals surface area contributed by atoms with E-state index >= 15 is 0 Å². The van der Waals surface area contributed by atoms with E-state index < -0.39 is 0 Å². The number of hydrogen-bond donors (Lipinski definition) is 1. The summed E-state index contributed by atoms with van der Waals surface area (Å²) >= 11 is 0. The molecule has 1 rings (SSSR count). The highest BCUT2D eigenvalue weighted by molar-refractivity contribution is 4.99. The van der Waals surface area contributed by atoms with Crippen LogP contribution in [0.4, 0.5) is 0 Å². The molecule has 0 atom stereocenters. The lowest BCUT2D eigenvalue weighted by Crippen LogP contribution is -2.65. The fourth-order valence-electron chi connectivity index (χ4n) is 3.89. The maximum absolute atomic E-state index is 6.38. The van der Waals surface area contributed by atoms with E-state index in [9.17, 15) is 0 Å². The summed E-state index contributed by atoms with van der Waals surface area (Å²) in [5, 5.41) is 2.02. The Hall–Kier alpha value is -0.120. The summed E-state index contributed by atoms with van der Waals surface area (Å²) in [5.74, 6) is 6.38. The average molecular weight is 242 g/mol. The third kappa shape index (κ3) is 3.43. The first-order chi connectivity index (χ1) is 7.28. The zero-order valence-electron chi connectivity index (χ0n) is 12.8. The van der Waals surface area contributed by atoms with E-state index in [4.69, 9.17) is 10.6 Å². The maximum Gasteiger partial charge on any atom is 0.0651 e. The molecule has 3 heteroatoms. The first kappa shape index (κ1) is 14.9. The van der Waals surface area contributed by atoms with Crippen molar-refractivity contribution in [3.05, 3.63) is 0 Å². The van der Waals surface area contributed by atoms with Gasteiger partial charge in [-0.2, -0.15) is 0 Å². The van der Waals surface area contributed by atoms with Crippen LogP contribution in [0.1, 0.15) is 68.2 Å². The van der Waals surface area contributed by atoms with Gasteiger partial charge in [-0.3, -0.25) is 5.84 Å². The van der Waals surface area contributed by atoms with Crippen LogP contribution in [-0.2, 0) is 4.74 Å². The van der Waals surface area contributed by atoms with E-state index in [0.29, 0.717) is 0 Å². The van der Waals surface area contributed by atoms with Gasteiger partial charge >= 0.3 is 0 Å². The summed E-state index contributed by atoms with van der Waals surface area (Å²) in [5.41, 5.74) is -0.435. The van der Waals surface area contributed by atoms with Crippen molar-refractivity contribution in [2.45, 2.75) is 90.5 Å². The van der Waals surface area contributed by atoms with Crippen molar-refractivity contribution in [2.75, 3.05) is 0 Å². The third-order valence-electron chi connectivity index (χ3n) is 3.57. The average Bonchev–Trinajstić information content (AvgIpc) is 1.93. The number of nitrogens with zero attached hydrogens (tertiary/aromatic N) is 1. The Bertz CT molecular complexity index is 265. The highest BCUT2D eigenvalue weighted by Crippen LogP contribution is 2.40. The van der Waals surface area contributed by atoms with Gasteiger partial charge in [0.25, 0.3) is 0 Å². The quantitative estimate of drug-likeness (QED) is 0.663. The minimum atomic E-state index is -0.152. The lowest BCUT2D eigenvalue weighted by Gasteiger charge is -2.54. The van der Waals surface area contributed by atoms with Gasteiger partial charge in [0.15, 0.2) is 0 Å². The Morgan fingerprint density at radius 2 is 1.06 bits per heavy atom. The summed E-state index contributed by atoms with van der Waals surface area (Å²) in [4.78, 5) is 0. The molecule has 0 unspecified atom stereocenters. The van der Waals surface area contributed by atoms with Crippen LogP contribution in [0.5, 0.6) is 0 Å². The molecule has 102 valence electrons. The van der Waals surface area contributed by atoms with Crippen molar-refractivity contribution >= 4 is 0 Å². The van der Waals surface area contributed by atoms with Gasteiger partial charge in [-0.1, -0.05) is 0 Å². The summed E-state index contributed by atoms with van der Waals surface area (Å²) in [7, 11) is 0. The fraction of sp³-hybridized carbons (Fsp3) is 1.00. The topological polar surface area (TPSA) is 38.5 Å². The molecule has 0 amide bonds. The van der Waals surface area contributed by atoms with Crippen LogP contribution in [0.2, 0.25) is 0 Å². The van der Waals surface area contributed by atoms with Crippen molar-refractivity contribution < 1.29 is 4.74 Å². The Kier molecular flexibility index (Phi) is 3.46. The molecule has 0 aromatic carbocycles. The second kappa shape index (κ2) is 3.94. The zero-order chi connectivity index (χ0) is 13.7. The largest absolute Gasteiger partial charge is 0.370 e. The molecule has 0 bridgehead atoms. The van der Waals surface area contributed by atoms with Crippen molar-refractivity contribution in [1.82, 2.24) is 5.01 Å². The van der Waals surface area contributed by atoms with E-state index in [1.165, 1.54) is 0 Å². The van der Waals surface area contributed by atoms with Crippen LogP contribution in [0.15, 0.2) is 0 Å². The van der Waals surface area contributed by atoms with Gasteiger partial charge in [0.2, 0.25) is 0 Å². The van der Waals surface area contributed by atoms with Crippen LogP contribution in [-0.4, -0.2) is 27.3 Å². The molecular formula is C14H30N2O. The molecule has 0 radical (unpaired) electrons. The Balaban J connectivity index is 3.12. The molecule has 3 nitrogen and oxygen atoms in total. The molecule has 17 heavy (non-hydrogen) atoms. The number of hydrogen-bond acceptors (Lipinski definition) is 3. The molecule has 1 aliphatic heterocycles. The highest BCUT2D eigenvalue weighted by Gasteiger charge is 2.46. The van der Waals surface area contributed by atoms with E-state index in [-0.39, 0.29) is 22.3 Å². The second-order valence-corrected chi connectivity index (χ2v) is 7.97. The maximum atomic E-state index is 6.38.